The second-order valence-electron chi connectivity index (χ2n) is 3.86. The maximum Gasteiger partial charge on any atom is 0.203 e. The fourth-order valence-electron chi connectivity index (χ4n) is 1.66. The van der Waals surface area contributed by atoms with Crippen molar-refractivity contribution in [2.75, 3.05) is 0 Å². The molecule has 88 valence electrons. The van der Waals surface area contributed by atoms with Crippen LogP contribution < -0.4 is 0 Å². The molecule has 1 aromatic heterocycles. The van der Waals surface area contributed by atoms with Crippen LogP contribution >= 0.6 is 22.9 Å². The number of rotatable bonds is 2. The van der Waals surface area contributed by atoms with Crippen LogP contribution in [0.5, 0.6) is 0 Å². The zero-order valence-electron chi connectivity index (χ0n) is 9.38. The minimum absolute atomic E-state index is 0.117. The number of halogens is 2. The molecule has 0 radical (unpaired) electrons. The number of carbonyl (C=O) groups is 1. The van der Waals surface area contributed by atoms with Gasteiger partial charge in [-0.1, -0.05) is 11.6 Å². The van der Waals surface area contributed by atoms with Crippen molar-refractivity contribution in [3.63, 3.8) is 0 Å². The van der Waals surface area contributed by atoms with Gasteiger partial charge in [0.1, 0.15) is 5.82 Å². The fraction of sp³-hybridized carbons (Fsp3) is 0.154. The van der Waals surface area contributed by atoms with Crippen molar-refractivity contribution in [1.29, 1.82) is 0 Å². The predicted molar refractivity (Wildman–Crippen MR) is 68.6 cm³/mol. The first-order chi connectivity index (χ1) is 7.99. The molecule has 0 N–H and O–H groups in total. The number of hydrogen-bond donors (Lipinski definition) is 0. The lowest BCUT2D eigenvalue weighted by molar-refractivity contribution is 0.104. The van der Waals surface area contributed by atoms with Crippen LogP contribution in [0.2, 0.25) is 4.34 Å². The highest BCUT2D eigenvalue weighted by atomic mass is 35.5. The molecule has 0 aliphatic carbocycles. The molecule has 2 rings (SSSR count). The zero-order chi connectivity index (χ0) is 12.6. The maximum absolute atomic E-state index is 13.5. The molecule has 4 heteroatoms. The Hall–Kier alpha value is -1.19. The highest BCUT2D eigenvalue weighted by molar-refractivity contribution is 7.18. The molecule has 17 heavy (non-hydrogen) atoms. The van der Waals surface area contributed by atoms with Crippen LogP contribution in [-0.4, -0.2) is 5.78 Å². The molecule has 0 bridgehead atoms. The van der Waals surface area contributed by atoms with E-state index in [1.165, 1.54) is 11.3 Å². The van der Waals surface area contributed by atoms with Gasteiger partial charge in [0.15, 0.2) is 0 Å². The van der Waals surface area contributed by atoms with E-state index in [0.717, 1.165) is 0 Å². The maximum atomic E-state index is 13.5. The third-order valence-corrected chi connectivity index (χ3v) is 3.73. The molecule has 0 saturated heterocycles. The molecule has 0 unspecified atom stereocenters. The van der Waals surface area contributed by atoms with E-state index in [-0.39, 0.29) is 11.6 Å². The predicted octanol–water partition coefficient (Wildman–Crippen LogP) is 4.39. The standard InChI is InChI=1S/C13H10ClFOS/c1-7-5-9(6-8(2)12(7)15)13(16)10-3-4-11(14)17-10/h3-6H,1-2H3. The van der Waals surface area contributed by atoms with E-state index in [9.17, 15) is 9.18 Å². The van der Waals surface area contributed by atoms with Gasteiger partial charge in [0.05, 0.1) is 9.21 Å². The molecule has 0 spiro atoms. The Morgan fingerprint density at radius 2 is 1.82 bits per heavy atom. The van der Waals surface area contributed by atoms with Crippen molar-refractivity contribution in [2.24, 2.45) is 0 Å². The van der Waals surface area contributed by atoms with Crippen molar-refractivity contribution in [3.05, 3.63) is 56.0 Å². The van der Waals surface area contributed by atoms with Gasteiger partial charge in [-0.15, -0.1) is 11.3 Å². The van der Waals surface area contributed by atoms with Crippen LogP contribution in [0.3, 0.4) is 0 Å². The smallest absolute Gasteiger partial charge is 0.203 e. The van der Waals surface area contributed by atoms with Gasteiger partial charge < -0.3 is 0 Å². The Balaban J connectivity index is 2.44. The molecule has 1 aromatic carbocycles. The average molecular weight is 269 g/mol. The van der Waals surface area contributed by atoms with Crippen molar-refractivity contribution in [1.82, 2.24) is 0 Å². The highest BCUT2D eigenvalue weighted by Crippen LogP contribution is 2.25. The second-order valence-corrected chi connectivity index (χ2v) is 5.57. The Bertz CT molecular complexity index is 566. The SMILES string of the molecule is Cc1cc(C(=O)c2ccc(Cl)s2)cc(C)c1F. The van der Waals surface area contributed by atoms with Crippen LogP contribution in [0.1, 0.15) is 26.4 Å². The largest absolute Gasteiger partial charge is 0.288 e. The molecular formula is C13H10ClFOS. The number of benzene rings is 1. The van der Waals surface area contributed by atoms with E-state index in [1.54, 1.807) is 38.1 Å². The van der Waals surface area contributed by atoms with Crippen molar-refractivity contribution >= 4 is 28.7 Å². The lowest BCUT2D eigenvalue weighted by atomic mass is 10.0. The molecule has 1 heterocycles. The van der Waals surface area contributed by atoms with Crippen LogP contribution in [0.15, 0.2) is 24.3 Å². The van der Waals surface area contributed by atoms with Gasteiger partial charge in [-0.25, -0.2) is 4.39 Å². The van der Waals surface area contributed by atoms with E-state index >= 15 is 0 Å². The lowest BCUT2D eigenvalue weighted by Crippen LogP contribution is -2.01. The Morgan fingerprint density at radius 3 is 2.29 bits per heavy atom. The first-order valence-electron chi connectivity index (χ1n) is 5.06. The average Bonchev–Trinajstić information content (AvgIpc) is 2.71. The first-order valence-corrected chi connectivity index (χ1v) is 6.25. The van der Waals surface area contributed by atoms with E-state index in [1.807, 2.05) is 0 Å². The Morgan fingerprint density at radius 1 is 1.24 bits per heavy atom. The molecule has 1 nitrogen and oxygen atoms in total. The van der Waals surface area contributed by atoms with Crippen molar-refractivity contribution < 1.29 is 9.18 Å². The summed E-state index contributed by atoms with van der Waals surface area (Å²) >= 11 is 7.01. The number of aryl methyl sites for hydroxylation is 2. The number of hydrogen-bond acceptors (Lipinski definition) is 2. The normalized spacial score (nSPS) is 10.6. The summed E-state index contributed by atoms with van der Waals surface area (Å²) in [6.07, 6.45) is 0. The van der Waals surface area contributed by atoms with Crippen molar-refractivity contribution in [2.45, 2.75) is 13.8 Å². The molecule has 0 aliphatic heterocycles. The van der Waals surface area contributed by atoms with E-state index in [2.05, 4.69) is 0 Å². The minimum atomic E-state index is -0.259. The number of carbonyl (C=O) groups excluding carboxylic acids is 1. The topological polar surface area (TPSA) is 17.1 Å². The third kappa shape index (κ3) is 2.40. The van der Waals surface area contributed by atoms with Crippen LogP contribution in [-0.2, 0) is 0 Å². The van der Waals surface area contributed by atoms with Gasteiger partial charge in [0, 0.05) is 5.56 Å². The Labute approximate surface area is 108 Å². The van der Waals surface area contributed by atoms with E-state index in [0.29, 0.717) is 25.9 Å². The number of thiophene rings is 1. The first kappa shape index (κ1) is 12.3. The molecular weight excluding hydrogens is 259 g/mol. The minimum Gasteiger partial charge on any atom is -0.288 e. The second kappa shape index (κ2) is 4.59. The number of ketones is 1. The van der Waals surface area contributed by atoms with Gasteiger partial charge in [-0.2, -0.15) is 0 Å². The molecule has 0 fully saturated rings. The van der Waals surface area contributed by atoms with Crippen LogP contribution in [0, 0.1) is 19.7 Å². The summed E-state index contributed by atoms with van der Waals surface area (Å²) in [7, 11) is 0. The molecule has 0 amide bonds. The molecule has 0 atom stereocenters. The molecule has 0 aliphatic rings. The van der Waals surface area contributed by atoms with Gasteiger partial charge in [0.25, 0.3) is 0 Å². The van der Waals surface area contributed by atoms with Crippen LogP contribution in [0.4, 0.5) is 4.39 Å². The quantitative estimate of drug-likeness (QED) is 0.739. The fourth-order valence-corrected chi connectivity index (χ4v) is 2.66. The zero-order valence-corrected chi connectivity index (χ0v) is 11.0. The summed E-state index contributed by atoms with van der Waals surface area (Å²) in [5.74, 6) is -0.376. The third-order valence-electron chi connectivity index (χ3n) is 2.50. The van der Waals surface area contributed by atoms with Crippen LogP contribution in [0.25, 0.3) is 0 Å². The Kier molecular flexibility index (Phi) is 3.31. The summed E-state index contributed by atoms with van der Waals surface area (Å²) in [4.78, 5) is 12.7. The van der Waals surface area contributed by atoms with Gasteiger partial charge in [0.2, 0.25) is 5.78 Å². The molecule has 2 aromatic rings. The van der Waals surface area contributed by atoms with E-state index < -0.39 is 0 Å². The summed E-state index contributed by atoms with van der Waals surface area (Å²) in [6, 6.07) is 6.50. The van der Waals surface area contributed by atoms with Gasteiger partial charge in [-0.3, -0.25) is 4.79 Å². The lowest BCUT2D eigenvalue weighted by Gasteiger charge is -2.04. The van der Waals surface area contributed by atoms with Gasteiger partial charge >= 0.3 is 0 Å². The monoisotopic (exact) mass is 268 g/mol. The van der Waals surface area contributed by atoms with E-state index in [4.69, 9.17) is 11.6 Å². The van der Waals surface area contributed by atoms with Gasteiger partial charge in [-0.05, 0) is 49.2 Å². The highest BCUT2D eigenvalue weighted by Gasteiger charge is 2.14. The summed E-state index contributed by atoms with van der Waals surface area (Å²) in [5, 5.41) is 0. The summed E-state index contributed by atoms with van der Waals surface area (Å²) < 4.78 is 14.0. The summed E-state index contributed by atoms with van der Waals surface area (Å²) in [5.41, 5.74) is 1.46. The van der Waals surface area contributed by atoms with Crippen molar-refractivity contribution in [3.8, 4) is 0 Å². The summed E-state index contributed by atoms with van der Waals surface area (Å²) in [6.45, 7) is 3.31. The molecule has 0 saturated carbocycles.